The minimum atomic E-state index is 0.460. The summed E-state index contributed by atoms with van der Waals surface area (Å²) in [5.74, 6) is 4.01. The van der Waals surface area contributed by atoms with Crippen LogP contribution in [0.4, 0.5) is 0 Å². The third-order valence-electron chi connectivity index (χ3n) is 5.41. The molecule has 1 aliphatic carbocycles. The van der Waals surface area contributed by atoms with Gasteiger partial charge in [0.05, 0.1) is 27.3 Å². The van der Waals surface area contributed by atoms with Gasteiger partial charge in [0.15, 0.2) is 23.3 Å². The number of nitrogens with one attached hydrogen (secondary N) is 2. The largest absolute Gasteiger partial charge is 0.493 e. The van der Waals surface area contributed by atoms with Crippen molar-refractivity contribution in [3.8, 4) is 11.5 Å². The van der Waals surface area contributed by atoms with E-state index in [0.717, 1.165) is 28.9 Å². The van der Waals surface area contributed by atoms with Gasteiger partial charge in [-0.05, 0) is 37.5 Å². The van der Waals surface area contributed by atoms with Crippen LogP contribution >= 0.6 is 0 Å². The lowest BCUT2D eigenvalue weighted by atomic mass is 9.96. The molecule has 1 aliphatic rings. The Morgan fingerprint density at radius 3 is 2.55 bits per heavy atom. The topological polar surface area (TPSA) is 85.6 Å². The Labute approximate surface area is 172 Å². The van der Waals surface area contributed by atoms with Crippen LogP contribution in [-0.2, 0) is 20.1 Å². The van der Waals surface area contributed by atoms with E-state index in [2.05, 4.69) is 20.8 Å². The highest BCUT2D eigenvalue weighted by Crippen LogP contribution is 2.27. The maximum absolute atomic E-state index is 5.40. The second-order valence-electron chi connectivity index (χ2n) is 7.41. The first-order valence-corrected chi connectivity index (χ1v) is 10.2. The van der Waals surface area contributed by atoms with Gasteiger partial charge in [0.2, 0.25) is 0 Å². The van der Waals surface area contributed by atoms with Crippen molar-refractivity contribution < 1.29 is 9.47 Å². The maximum atomic E-state index is 5.40. The number of benzene rings is 1. The molecule has 2 aromatic rings. The number of rotatable bonds is 7. The van der Waals surface area contributed by atoms with Crippen LogP contribution in [0.2, 0.25) is 0 Å². The number of nitrogens with zero attached hydrogens (tertiary/aromatic N) is 4. The Bertz CT molecular complexity index is 827. The zero-order valence-electron chi connectivity index (χ0n) is 17.9. The fourth-order valence-electron chi connectivity index (χ4n) is 3.51. The molecule has 8 nitrogen and oxygen atoms in total. The molecule has 1 fully saturated rings. The predicted molar refractivity (Wildman–Crippen MR) is 113 cm³/mol. The van der Waals surface area contributed by atoms with Crippen LogP contribution < -0.4 is 20.1 Å². The molecule has 0 amide bonds. The number of hydrogen-bond acceptors (Lipinski definition) is 5. The zero-order chi connectivity index (χ0) is 20.6. The predicted octanol–water partition coefficient (Wildman–Crippen LogP) is 2.71. The van der Waals surface area contributed by atoms with Crippen molar-refractivity contribution in [2.75, 3.05) is 14.2 Å². The van der Waals surface area contributed by atoms with Crippen molar-refractivity contribution in [2.24, 2.45) is 12.0 Å². The SMILES string of the molecule is COc1ccc(CN=C(NCc2nnc(C)n2C)NC2CCCCC2)cc1OC. The molecule has 1 aromatic heterocycles. The quantitative estimate of drug-likeness (QED) is 0.549. The molecule has 1 heterocycles. The van der Waals surface area contributed by atoms with Gasteiger partial charge in [0.25, 0.3) is 0 Å². The first-order valence-electron chi connectivity index (χ1n) is 10.2. The average molecular weight is 401 g/mol. The van der Waals surface area contributed by atoms with E-state index in [-0.39, 0.29) is 0 Å². The summed E-state index contributed by atoms with van der Waals surface area (Å²) in [5, 5.41) is 15.4. The van der Waals surface area contributed by atoms with Crippen LogP contribution in [0.5, 0.6) is 11.5 Å². The second kappa shape index (κ2) is 10.1. The van der Waals surface area contributed by atoms with Gasteiger partial charge >= 0.3 is 0 Å². The van der Waals surface area contributed by atoms with Crippen molar-refractivity contribution in [3.05, 3.63) is 35.4 Å². The Balaban J connectivity index is 1.71. The standard InChI is InChI=1S/C21H32N6O2/c1-15-25-26-20(27(15)2)14-23-21(24-17-8-6-5-7-9-17)22-13-16-10-11-18(28-3)19(12-16)29-4/h10-12,17H,5-9,13-14H2,1-4H3,(H2,22,23,24). The summed E-state index contributed by atoms with van der Waals surface area (Å²) in [7, 11) is 5.26. The molecule has 158 valence electrons. The lowest BCUT2D eigenvalue weighted by Gasteiger charge is -2.25. The summed E-state index contributed by atoms with van der Waals surface area (Å²) >= 11 is 0. The van der Waals surface area contributed by atoms with Gasteiger partial charge in [0.1, 0.15) is 5.82 Å². The van der Waals surface area contributed by atoms with Crippen molar-refractivity contribution >= 4 is 5.96 Å². The molecule has 0 unspecified atom stereocenters. The summed E-state index contributed by atoms with van der Waals surface area (Å²) in [6.07, 6.45) is 6.22. The van der Waals surface area contributed by atoms with Gasteiger partial charge in [-0.3, -0.25) is 0 Å². The Morgan fingerprint density at radius 2 is 1.90 bits per heavy atom. The molecule has 2 N–H and O–H groups in total. The highest BCUT2D eigenvalue weighted by Gasteiger charge is 2.15. The Kier molecular flexibility index (Phi) is 7.32. The van der Waals surface area contributed by atoms with E-state index in [1.807, 2.05) is 36.7 Å². The molecule has 0 aliphatic heterocycles. The van der Waals surface area contributed by atoms with Gasteiger partial charge in [0, 0.05) is 13.1 Å². The first-order chi connectivity index (χ1) is 14.1. The monoisotopic (exact) mass is 400 g/mol. The van der Waals surface area contributed by atoms with Crippen molar-refractivity contribution in [2.45, 2.75) is 58.2 Å². The number of ether oxygens (including phenoxy) is 2. The van der Waals surface area contributed by atoms with E-state index in [9.17, 15) is 0 Å². The number of methoxy groups -OCH3 is 2. The van der Waals surface area contributed by atoms with Crippen LogP contribution in [0.25, 0.3) is 0 Å². The molecule has 29 heavy (non-hydrogen) atoms. The van der Waals surface area contributed by atoms with Crippen LogP contribution in [0.15, 0.2) is 23.2 Å². The normalized spacial score (nSPS) is 15.2. The number of aryl methyl sites for hydroxylation is 1. The van der Waals surface area contributed by atoms with E-state index >= 15 is 0 Å². The number of hydrogen-bond donors (Lipinski definition) is 2. The molecular formula is C21H32N6O2. The third-order valence-corrected chi connectivity index (χ3v) is 5.41. The maximum Gasteiger partial charge on any atom is 0.192 e. The highest BCUT2D eigenvalue weighted by molar-refractivity contribution is 5.80. The van der Waals surface area contributed by atoms with Crippen molar-refractivity contribution in [1.82, 2.24) is 25.4 Å². The van der Waals surface area contributed by atoms with Gasteiger partial charge in [-0.15, -0.1) is 10.2 Å². The van der Waals surface area contributed by atoms with E-state index in [4.69, 9.17) is 14.5 Å². The van der Waals surface area contributed by atoms with Crippen LogP contribution in [0.1, 0.15) is 49.3 Å². The van der Waals surface area contributed by atoms with Gasteiger partial charge < -0.3 is 24.7 Å². The smallest absolute Gasteiger partial charge is 0.192 e. The fourth-order valence-corrected chi connectivity index (χ4v) is 3.51. The highest BCUT2D eigenvalue weighted by atomic mass is 16.5. The average Bonchev–Trinajstić information content (AvgIpc) is 3.08. The zero-order valence-corrected chi connectivity index (χ0v) is 17.9. The van der Waals surface area contributed by atoms with Crippen molar-refractivity contribution in [3.63, 3.8) is 0 Å². The summed E-state index contributed by atoms with van der Waals surface area (Å²) in [6.45, 7) is 3.06. The minimum absolute atomic E-state index is 0.460. The van der Waals surface area contributed by atoms with Crippen LogP contribution in [0.3, 0.4) is 0 Å². The molecule has 0 radical (unpaired) electrons. The second-order valence-corrected chi connectivity index (χ2v) is 7.41. The van der Waals surface area contributed by atoms with E-state index in [0.29, 0.717) is 24.9 Å². The molecular weight excluding hydrogens is 368 g/mol. The minimum Gasteiger partial charge on any atom is -0.493 e. The summed E-state index contributed by atoms with van der Waals surface area (Å²) < 4.78 is 12.7. The van der Waals surface area contributed by atoms with Crippen LogP contribution in [-0.4, -0.2) is 41.0 Å². The van der Waals surface area contributed by atoms with E-state index in [1.54, 1.807) is 14.2 Å². The van der Waals surface area contributed by atoms with Gasteiger partial charge in [-0.2, -0.15) is 0 Å². The molecule has 8 heteroatoms. The molecule has 0 saturated heterocycles. The molecule has 1 aromatic carbocycles. The van der Waals surface area contributed by atoms with E-state index in [1.165, 1.54) is 32.1 Å². The summed E-state index contributed by atoms with van der Waals surface area (Å²) in [4.78, 5) is 4.81. The number of aliphatic imine (C=N–C) groups is 1. The Hall–Kier alpha value is -2.77. The van der Waals surface area contributed by atoms with Gasteiger partial charge in [-0.1, -0.05) is 25.3 Å². The first kappa shape index (κ1) is 21.0. The Morgan fingerprint density at radius 1 is 1.14 bits per heavy atom. The lowest BCUT2D eigenvalue weighted by molar-refractivity contribution is 0.354. The van der Waals surface area contributed by atoms with Crippen LogP contribution in [0, 0.1) is 6.92 Å². The molecule has 1 saturated carbocycles. The fraction of sp³-hybridized carbons (Fsp3) is 0.571. The molecule has 0 spiro atoms. The third kappa shape index (κ3) is 5.62. The summed E-state index contributed by atoms with van der Waals surface area (Å²) in [5.41, 5.74) is 1.06. The van der Waals surface area contributed by atoms with Gasteiger partial charge in [-0.25, -0.2) is 4.99 Å². The summed E-state index contributed by atoms with van der Waals surface area (Å²) in [6, 6.07) is 6.34. The molecule has 3 rings (SSSR count). The lowest BCUT2D eigenvalue weighted by Crippen LogP contribution is -2.44. The molecule has 0 atom stereocenters. The molecule has 0 bridgehead atoms. The van der Waals surface area contributed by atoms with Crippen molar-refractivity contribution in [1.29, 1.82) is 0 Å². The van der Waals surface area contributed by atoms with E-state index < -0.39 is 0 Å². The number of aromatic nitrogens is 3. The number of guanidine groups is 1.